The molecule has 0 radical (unpaired) electrons. The lowest BCUT2D eigenvalue weighted by Crippen LogP contribution is -2.33. The minimum atomic E-state index is -0.666. The van der Waals surface area contributed by atoms with Gasteiger partial charge in [0.1, 0.15) is 5.69 Å². The van der Waals surface area contributed by atoms with Crippen molar-refractivity contribution in [1.82, 2.24) is 5.43 Å². The molecule has 2 aromatic carbocycles. The molecule has 114 valence electrons. The molecule has 0 aliphatic heterocycles. The van der Waals surface area contributed by atoms with Crippen LogP contribution in [0.3, 0.4) is 0 Å². The topological polar surface area (TPSA) is 96.3 Å². The smallest absolute Gasteiger partial charge is 0.301 e. The molecule has 0 aliphatic rings. The Hall–Kier alpha value is -2.51. The fourth-order valence-electron chi connectivity index (χ4n) is 1.59. The summed E-state index contributed by atoms with van der Waals surface area (Å²) in [6.07, 6.45) is 0. The van der Waals surface area contributed by atoms with Gasteiger partial charge >= 0.3 is 6.03 Å². The van der Waals surface area contributed by atoms with Gasteiger partial charge in [-0.2, -0.15) is 0 Å². The van der Waals surface area contributed by atoms with Crippen molar-refractivity contribution in [3.8, 4) is 0 Å². The van der Waals surface area contributed by atoms with E-state index in [2.05, 4.69) is 16.2 Å². The maximum atomic E-state index is 11.7. The summed E-state index contributed by atoms with van der Waals surface area (Å²) in [6.45, 7) is 0. The lowest BCUT2D eigenvalue weighted by molar-refractivity contribution is -0.383. The minimum Gasteiger partial charge on any atom is -0.301 e. The van der Waals surface area contributed by atoms with Crippen molar-refractivity contribution in [3.05, 3.63) is 62.6 Å². The second kappa shape index (κ2) is 6.97. The molecule has 2 aromatic rings. The molecule has 7 nitrogen and oxygen atoms in total. The summed E-state index contributed by atoms with van der Waals surface area (Å²) in [5, 5.41) is 13.9. The van der Waals surface area contributed by atoms with E-state index in [4.69, 9.17) is 23.2 Å². The number of halogens is 2. The molecule has 9 heteroatoms. The van der Waals surface area contributed by atoms with Crippen LogP contribution in [0.15, 0.2) is 42.5 Å². The van der Waals surface area contributed by atoms with Gasteiger partial charge in [-0.3, -0.25) is 21.0 Å². The van der Waals surface area contributed by atoms with Crippen molar-refractivity contribution in [2.45, 2.75) is 0 Å². The molecule has 2 amide bonds. The standard InChI is InChI=1S/C13H10Cl2N4O3/c14-9-6-5-8(7-10(9)15)17-18-13(20)16-11-3-1-2-4-12(11)19(21)22/h1-7,17H,(H2,16,18,20). The Kier molecular flexibility index (Phi) is 5.03. The minimum absolute atomic E-state index is 0.0842. The number of para-hydroxylation sites is 2. The Morgan fingerprint density at radius 1 is 1.09 bits per heavy atom. The van der Waals surface area contributed by atoms with Gasteiger partial charge in [0.05, 0.1) is 20.7 Å². The zero-order valence-electron chi connectivity index (χ0n) is 11.0. The summed E-state index contributed by atoms with van der Waals surface area (Å²) >= 11 is 11.6. The molecule has 3 N–H and O–H groups in total. The first-order valence-corrected chi connectivity index (χ1v) is 6.74. The summed E-state index contributed by atoms with van der Waals surface area (Å²) < 4.78 is 0. The van der Waals surface area contributed by atoms with Gasteiger partial charge in [-0.05, 0) is 24.3 Å². The van der Waals surface area contributed by atoms with E-state index in [-0.39, 0.29) is 11.4 Å². The normalized spacial score (nSPS) is 9.91. The second-order valence-electron chi connectivity index (χ2n) is 4.11. The number of rotatable bonds is 4. The number of nitro groups is 1. The van der Waals surface area contributed by atoms with Crippen LogP contribution in [0.4, 0.5) is 21.9 Å². The SMILES string of the molecule is O=C(NNc1ccc(Cl)c(Cl)c1)Nc1ccccc1[N+](=O)[O-]. The van der Waals surface area contributed by atoms with Crippen LogP contribution in [-0.4, -0.2) is 11.0 Å². The maximum Gasteiger partial charge on any atom is 0.338 e. The predicted molar refractivity (Wildman–Crippen MR) is 85.3 cm³/mol. The summed E-state index contributed by atoms with van der Waals surface area (Å²) in [5.41, 5.74) is 5.33. The molecule has 22 heavy (non-hydrogen) atoms. The van der Waals surface area contributed by atoms with Gasteiger partial charge in [-0.1, -0.05) is 35.3 Å². The number of nitrogens with zero attached hydrogens (tertiary/aromatic N) is 1. The van der Waals surface area contributed by atoms with Gasteiger partial charge in [0.25, 0.3) is 5.69 Å². The third-order valence-corrected chi connectivity index (χ3v) is 3.33. The zero-order valence-corrected chi connectivity index (χ0v) is 12.5. The number of benzene rings is 2. The van der Waals surface area contributed by atoms with Crippen molar-refractivity contribution < 1.29 is 9.72 Å². The highest BCUT2D eigenvalue weighted by Gasteiger charge is 2.14. The van der Waals surface area contributed by atoms with Gasteiger partial charge in [-0.25, -0.2) is 4.79 Å². The van der Waals surface area contributed by atoms with Crippen molar-refractivity contribution >= 4 is 46.3 Å². The molecule has 0 unspecified atom stereocenters. The molecule has 0 saturated heterocycles. The van der Waals surface area contributed by atoms with Gasteiger partial charge in [-0.15, -0.1) is 0 Å². The summed E-state index contributed by atoms with van der Waals surface area (Å²) in [5.74, 6) is 0. The summed E-state index contributed by atoms with van der Waals surface area (Å²) in [7, 11) is 0. The molecule has 0 fully saturated rings. The number of urea groups is 1. The van der Waals surface area contributed by atoms with Gasteiger partial charge in [0.15, 0.2) is 0 Å². The fourth-order valence-corrected chi connectivity index (χ4v) is 1.89. The number of carbonyl (C=O) groups excluding carboxylic acids is 1. The molecule has 0 saturated carbocycles. The van der Waals surface area contributed by atoms with Crippen LogP contribution in [0.25, 0.3) is 0 Å². The first-order chi connectivity index (χ1) is 10.5. The number of carbonyl (C=O) groups is 1. The lowest BCUT2D eigenvalue weighted by Gasteiger charge is -2.10. The third kappa shape index (κ3) is 4.00. The van der Waals surface area contributed by atoms with Crippen LogP contribution in [0.1, 0.15) is 0 Å². The first-order valence-electron chi connectivity index (χ1n) is 5.99. The maximum absolute atomic E-state index is 11.7. The van der Waals surface area contributed by atoms with E-state index < -0.39 is 11.0 Å². The van der Waals surface area contributed by atoms with Crippen LogP contribution in [0.5, 0.6) is 0 Å². The number of anilines is 2. The van der Waals surface area contributed by atoms with Crippen LogP contribution >= 0.6 is 23.2 Å². The molecule has 0 bridgehead atoms. The Labute approximate surface area is 135 Å². The largest absolute Gasteiger partial charge is 0.338 e. The highest BCUT2D eigenvalue weighted by molar-refractivity contribution is 6.42. The highest BCUT2D eigenvalue weighted by Crippen LogP contribution is 2.25. The molecular weight excluding hydrogens is 331 g/mol. The quantitative estimate of drug-likeness (QED) is 0.577. The Bertz CT molecular complexity index is 724. The predicted octanol–water partition coefficient (Wildman–Crippen LogP) is 4.05. The highest BCUT2D eigenvalue weighted by atomic mass is 35.5. The fraction of sp³-hybridized carbons (Fsp3) is 0. The molecule has 0 heterocycles. The van der Waals surface area contributed by atoms with E-state index in [1.807, 2.05) is 0 Å². The van der Waals surface area contributed by atoms with E-state index in [1.54, 1.807) is 18.2 Å². The number of hydrogen-bond acceptors (Lipinski definition) is 4. The lowest BCUT2D eigenvalue weighted by atomic mass is 10.3. The number of nitro benzene ring substituents is 1. The number of hydrazine groups is 1. The molecule has 0 aromatic heterocycles. The summed E-state index contributed by atoms with van der Waals surface area (Å²) in [4.78, 5) is 22.0. The van der Waals surface area contributed by atoms with Crippen molar-refractivity contribution in [2.24, 2.45) is 0 Å². The number of hydrogen-bond donors (Lipinski definition) is 3. The Balaban J connectivity index is 1.99. The third-order valence-electron chi connectivity index (χ3n) is 2.59. The molecular formula is C13H10Cl2N4O3. The molecule has 0 atom stereocenters. The average molecular weight is 341 g/mol. The van der Waals surface area contributed by atoms with Crippen molar-refractivity contribution in [3.63, 3.8) is 0 Å². The van der Waals surface area contributed by atoms with Crippen LogP contribution in [0.2, 0.25) is 10.0 Å². The van der Waals surface area contributed by atoms with Crippen molar-refractivity contribution in [1.29, 1.82) is 0 Å². The summed E-state index contributed by atoms with van der Waals surface area (Å²) in [6, 6.07) is 9.84. The van der Waals surface area contributed by atoms with Gasteiger partial charge < -0.3 is 5.32 Å². The van der Waals surface area contributed by atoms with E-state index in [9.17, 15) is 14.9 Å². The van der Waals surface area contributed by atoms with Crippen LogP contribution < -0.4 is 16.2 Å². The van der Waals surface area contributed by atoms with Crippen molar-refractivity contribution in [2.75, 3.05) is 10.7 Å². The van der Waals surface area contributed by atoms with Crippen LogP contribution in [-0.2, 0) is 0 Å². The Morgan fingerprint density at radius 2 is 1.82 bits per heavy atom. The first kappa shape index (κ1) is 15.9. The van der Waals surface area contributed by atoms with E-state index in [1.165, 1.54) is 24.3 Å². The molecule has 0 aliphatic carbocycles. The second-order valence-corrected chi connectivity index (χ2v) is 4.92. The van der Waals surface area contributed by atoms with Gasteiger partial charge in [0, 0.05) is 6.07 Å². The van der Waals surface area contributed by atoms with E-state index in [0.717, 1.165) is 0 Å². The van der Waals surface area contributed by atoms with E-state index >= 15 is 0 Å². The molecule has 2 rings (SSSR count). The number of nitrogens with one attached hydrogen (secondary N) is 3. The van der Waals surface area contributed by atoms with Gasteiger partial charge in [0.2, 0.25) is 0 Å². The van der Waals surface area contributed by atoms with E-state index in [0.29, 0.717) is 15.7 Å². The number of amides is 2. The Morgan fingerprint density at radius 3 is 2.50 bits per heavy atom. The molecule has 0 spiro atoms. The zero-order chi connectivity index (χ0) is 16.1. The average Bonchev–Trinajstić information content (AvgIpc) is 2.49. The monoisotopic (exact) mass is 340 g/mol. The van der Waals surface area contributed by atoms with Crippen LogP contribution in [0, 0.1) is 10.1 Å².